The molecule has 0 spiro atoms. The van der Waals surface area contributed by atoms with Gasteiger partial charge >= 0.3 is 0 Å². The van der Waals surface area contributed by atoms with Gasteiger partial charge in [0.25, 0.3) is 0 Å². The average Bonchev–Trinajstić information content (AvgIpc) is 2.83. The quantitative estimate of drug-likeness (QED) is 0.780. The minimum Gasteiger partial charge on any atom is -0.377 e. The molecule has 5 heteroatoms. The molecule has 0 unspecified atom stereocenters. The molecule has 0 amide bonds. The molecule has 0 saturated carbocycles. The van der Waals surface area contributed by atoms with Gasteiger partial charge in [0, 0.05) is 25.4 Å². The second-order valence-corrected chi connectivity index (χ2v) is 4.71. The van der Waals surface area contributed by atoms with Crippen molar-refractivity contribution in [2.75, 3.05) is 13.2 Å². The van der Waals surface area contributed by atoms with Crippen LogP contribution in [0.1, 0.15) is 18.3 Å². The van der Waals surface area contributed by atoms with Crippen LogP contribution in [0.5, 0.6) is 0 Å². The summed E-state index contributed by atoms with van der Waals surface area (Å²) >= 11 is 0. The molecule has 1 fully saturated rings. The zero-order valence-corrected chi connectivity index (χ0v) is 9.54. The summed E-state index contributed by atoms with van der Waals surface area (Å²) in [6.07, 6.45) is 6.45. The summed E-state index contributed by atoms with van der Waals surface area (Å²) < 4.78 is 9.40. The molecule has 2 aliphatic rings. The van der Waals surface area contributed by atoms with Crippen molar-refractivity contribution in [3.8, 4) is 11.4 Å². The Balaban J connectivity index is 1.66. The van der Waals surface area contributed by atoms with Crippen LogP contribution in [0.2, 0.25) is 0 Å². The van der Waals surface area contributed by atoms with Crippen LogP contribution in [0, 0.1) is 0 Å². The van der Waals surface area contributed by atoms with E-state index in [9.17, 15) is 0 Å². The van der Waals surface area contributed by atoms with Gasteiger partial charge in [0.2, 0.25) is 0 Å². The van der Waals surface area contributed by atoms with Crippen molar-refractivity contribution in [3.63, 3.8) is 0 Å². The standard InChI is InChI=1S/C12H14N4O/c1-2-12-13-11(6-15(12)4-1)10-3-5-16(14-10)9-7-17-8-9/h3,5-6,9H,1-2,4,7-8H2. The van der Waals surface area contributed by atoms with Gasteiger partial charge in [0.1, 0.15) is 17.2 Å². The molecule has 0 bridgehead atoms. The van der Waals surface area contributed by atoms with Crippen LogP contribution in [-0.4, -0.2) is 32.5 Å². The van der Waals surface area contributed by atoms with Crippen LogP contribution in [0.25, 0.3) is 11.4 Å². The molecular formula is C12H14N4O. The van der Waals surface area contributed by atoms with Gasteiger partial charge in [0.15, 0.2) is 0 Å². The zero-order chi connectivity index (χ0) is 11.2. The molecule has 4 rings (SSSR count). The van der Waals surface area contributed by atoms with E-state index in [0.29, 0.717) is 6.04 Å². The van der Waals surface area contributed by atoms with Gasteiger partial charge in [-0.3, -0.25) is 4.68 Å². The molecule has 0 aliphatic carbocycles. The second kappa shape index (κ2) is 3.43. The van der Waals surface area contributed by atoms with Gasteiger partial charge in [-0.2, -0.15) is 5.10 Å². The lowest BCUT2D eigenvalue weighted by molar-refractivity contribution is -0.0285. The summed E-state index contributed by atoms with van der Waals surface area (Å²) in [7, 11) is 0. The molecule has 2 aliphatic heterocycles. The molecule has 5 nitrogen and oxygen atoms in total. The first-order valence-electron chi connectivity index (χ1n) is 6.09. The monoisotopic (exact) mass is 230 g/mol. The van der Waals surface area contributed by atoms with Gasteiger partial charge in [-0.15, -0.1) is 0 Å². The number of ether oxygens (including phenoxy) is 1. The van der Waals surface area contributed by atoms with Crippen molar-refractivity contribution in [3.05, 3.63) is 24.3 Å². The minimum absolute atomic E-state index is 0.415. The first-order valence-corrected chi connectivity index (χ1v) is 6.09. The number of aromatic nitrogens is 4. The molecule has 17 heavy (non-hydrogen) atoms. The van der Waals surface area contributed by atoms with Gasteiger partial charge in [-0.05, 0) is 12.5 Å². The third-order valence-corrected chi connectivity index (χ3v) is 3.52. The van der Waals surface area contributed by atoms with E-state index < -0.39 is 0 Å². The fraction of sp³-hybridized carbons (Fsp3) is 0.500. The van der Waals surface area contributed by atoms with E-state index in [-0.39, 0.29) is 0 Å². The predicted molar refractivity (Wildman–Crippen MR) is 61.6 cm³/mol. The van der Waals surface area contributed by atoms with Crippen LogP contribution >= 0.6 is 0 Å². The molecule has 2 aromatic heterocycles. The molecule has 0 atom stereocenters. The summed E-state index contributed by atoms with van der Waals surface area (Å²) in [5.41, 5.74) is 1.97. The molecule has 0 radical (unpaired) electrons. The highest BCUT2D eigenvalue weighted by atomic mass is 16.5. The Hall–Kier alpha value is -1.62. The van der Waals surface area contributed by atoms with Crippen molar-refractivity contribution >= 4 is 0 Å². The van der Waals surface area contributed by atoms with E-state index in [4.69, 9.17) is 4.74 Å². The Morgan fingerprint density at radius 2 is 2.24 bits per heavy atom. The Kier molecular flexibility index (Phi) is 1.90. The lowest BCUT2D eigenvalue weighted by atomic mass is 10.3. The van der Waals surface area contributed by atoms with Crippen molar-refractivity contribution in [2.45, 2.75) is 25.4 Å². The molecule has 0 N–H and O–H groups in total. The molecule has 0 aromatic carbocycles. The van der Waals surface area contributed by atoms with E-state index in [2.05, 4.69) is 20.8 Å². The van der Waals surface area contributed by atoms with Crippen LogP contribution in [0.4, 0.5) is 0 Å². The summed E-state index contributed by atoms with van der Waals surface area (Å²) in [5.74, 6) is 1.20. The maximum atomic E-state index is 5.17. The summed E-state index contributed by atoms with van der Waals surface area (Å²) in [5, 5.41) is 4.58. The summed E-state index contributed by atoms with van der Waals surface area (Å²) in [4.78, 5) is 4.63. The molecule has 2 aromatic rings. The number of rotatable bonds is 2. The largest absolute Gasteiger partial charge is 0.377 e. The van der Waals surface area contributed by atoms with Gasteiger partial charge < -0.3 is 9.30 Å². The van der Waals surface area contributed by atoms with Crippen molar-refractivity contribution < 1.29 is 4.74 Å². The smallest absolute Gasteiger partial charge is 0.112 e. The van der Waals surface area contributed by atoms with E-state index >= 15 is 0 Å². The lowest BCUT2D eigenvalue weighted by Crippen LogP contribution is -2.30. The normalized spacial score (nSPS) is 19.3. The number of hydrogen-bond donors (Lipinski definition) is 0. The van der Waals surface area contributed by atoms with Gasteiger partial charge in [-0.1, -0.05) is 0 Å². The minimum atomic E-state index is 0.415. The Bertz CT molecular complexity index is 531. The fourth-order valence-corrected chi connectivity index (χ4v) is 2.43. The van der Waals surface area contributed by atoms with Crippen LogP contribution in [0.3, 0.4) is 0 Å². The Labute approximate surface area is 99.0 Å². The first-order chi connectivity index (χ1) is 8.40. The third-order valence-electron chi connectivity index (χ3n) is 3.52. The highest BCUT2D eigenvalue weighted by Crippen LogP contribution is 2.23. The number of fused-ring (bicyclic) bond motifs is 1. The molecule has 4 heterocycles. The van der Waals surface area contributed by atoms with Crippen molar-refractivity contribution in [1.82, 2.24) is 19.3 Å². The molecule has 88 valence electrons. The van der Waals surface area contributed by atoms with Crippen LogP contribution in [-0.2, 0) is 17.7 Å². The highest BCUT2D eigenvalue weighted by molar-refractivity contribution is 5.52. The Morgan fingerprint density at radius 3 is 3.00 bits per heavy atom. The summed E-state index contributed by atoms with van der Waals surface area (Å²) in [6, 6.07) is 2.45. The fourth-order valence-electron chi connectivity index (χ4n) is 2.43. The van der Waals surface area contributed by atoms with Crippen molar-refractivity contribution in [1.29, 1.82) is 0 Å². The van der Waals surface area contributed by atoms with E-state index in [1.165, 1.54) is 12.2 Å². The van der Waals surface area contributed by atoms with Gasteiger partial charge in [-0.25, -0.2) is 4.98 Å². The zero-order valence-electron chi connectivity index (χ0n) is 9.54. The maximum absolute atomic E-state index is 5.17. The van der Waals surface area contributed by atoms with E-state index in [1.54, 1.807) is 0 Å². The number of nitrogens with zero attached hydrogens (tertiary/aromatic N) is 4. The number of aryl methyl sites for hydroxylation is 2. The Morgan fingerprint density at radius 1 is 1.29 bits per heavy atom. The summed E-state index contributed by atoms with van der Waals surface area (Å²) in [6.45, 7) is 2.65. The van der Waals surface area contributed by atoms with E-state index in [0.717, 1.165) is 37.6 Å². The molecular weight excluding hydrogens is 216 g/mol. The third kappa shape index (κ3) is 1.42. The molecule has 1 saturated heterocycles. The first kappa shape index (κ1) is 9.41. The second-order valence-electron chi connectivity index (χ2n) is 4.71. The van der Waals surface area contributed by atoms with Crippen molar-refractivity contribution in [2.24, 2.45) is 0 Å². The number of imidazole rings is 1. The topological polar surface area (TPSA) is 44.9 Å². The van der Waals surface area contributed by atoms with Crippen LogP contribution < -0.4 is 0 Å². The highest BCUT2D eigenvalue weighted by Gasteiger charge is 2.22. The number of hydrogen-bond acceptors (Lipinski definition) is 3. The van der Waals surface area contributed by atoms with Gasteiger partial charge in [0.05, 0.1) is 19.3 Å². The van der Waals surface area contributed by atoms with Crippen LogP contribution in [0.15, 0.2) is 18.5 Å². The predicted octanol–water partition coefficient (Wildman–Crippen LogP) is 1.26. The van der Waals surface area contributed by atoms with E-state index in [1.807, 2.05) is 16.9 Å². The SMILES string of the molecule is c1cn(C2COC2)nc1-c1cn2c(n1)CCC2. The maximum Gasteiger partial charge on any atom is 0.112 e. The lowest BCUT2D eigenvalue weighted by Gasteiger charge is -2.25. The average molecular weight is 230 g/mol.